The van der Waals surface area contributed by atoms with Crippen molar-refractivity contribution in [2.24, 2.45) is 0 Å². The monoisotopic (exact) mass is 412 g/mol. The molecule has 0 atom stereocenters. The fourth-order valence-electron chi connectivity index (χ4n) is 2.60. The van der Waals surface area contributed by atoms with Crippen LogP contribution in [-0.4, -0.2) is 35.7 Å². The van der Waals surface area contributed by atoms with Gasteiger partial charge in [0.1, 0.15) is 0 Å². The van der Waals surface area contributed by atoms with Crippen LogP contribution in [0.5, 0.6) is 0 Å². The normalized spacial score (nSPS) is 11.1. The molecule has 0 aliphatic rings. The molecule has 2 aromatic carbocycles. The van der Waals surface area contributed by atoms with Crippen molar-refractivity contribution in [2.75, 3.05) is 11.6 Å². The summed E-state index contributed by atoms with van der Waals surface area (Å²) < 4.78 is 22.9. The lowest BCUT2D eigenvalue weighted by atomic mass is 10.1. The van der Waals surface area contributed by atoms with E-state index in [1.165, 1.54) is 24.3 Å². The summed E-state index contributed by atoms with van der Waals surface area (Å²) in [7, 11) is -3.42. The van der Waals surface area contributed by atoms with Crippen molar-refractivity contribution in [1.29, 1.82) is 0 Å². The fourth-order valence-corrected chi connectivity index (χ4v) is 3.11. The number of nitro groups is 1. The molecule has 1 N–H and O–H groups in total. The SMILES string of the molecule is Cc1cc(C(=O)Nc2ccc(-c3ccc(S(C)(=O)=O)nn3)cc2)ccc1[N+](=O)[O-]. The van der Waals surface area contributed by atoms with Crippen molar-refractivity contribution in [2.45, 2.75) is 11.9 Å². The van der Waals surface area contributed by atoms with Gasteiger partial charge in [0.2, 0.25) is 0 Å². The van der Waals surface area contributed by atoms with Gasteiger partial charge in [-0.15, -0.1) is 10.2 Å². The summed E-state index contributed by atoms with van der Waals surface area (Å²) in [6.07, 6.45) is 1.06. The zero-order valence-corrected chi connectivity index (χ0v) is 16.3. The summed E-state index contributed by atoms with van der Waals surface area (Å²) in [5.41, 5.74) is 2.36. The van der Waals surface area contributed by atoms with Crippen LogP contribution in [0.1, 0.15) is 15.9 Å². The molecule has 148 valence electrons. The molecule has 0 saturated heterocycles. The number of benzene rings is 2. The third-order valence-corrected chi connectivity index (χ3v) is 5.09. The average Bonchev–Trinajstić information content (AvgIpc) is 2.67. The molecule has 0 unspecified atom stereocenters. The molecule has 0 aliphatic carbocycles. The first-order valence-corrected chi connectivity index (χ1v) is 10.2. The number of rotatable bonds is 5. The van der Waals surface area contributed by atoms with Gasteiger partial charge in [-0.2, -0.15) is 0 Å². The number of nitrogens with one attached hydrogen (secondary N) is 1. The van der Waals surface area contributed by atoms with Crippen LogP contribution in [0.2, 0.25) is 0 Å². The van der Waals surface area contributed by atoms with E-state index in [1.807, 2.05) is 0 Å². The minimum absolute atomic E-state index is 0.0473. The Labute approximate surface area is 166 Å². The van der Waals surface area contributed by atoms with Crippen LogP contribution in [0.4, 0.5) is 11.4 Å². The highest BCUT2D eigenvalue weighted by Gasteiger charge is 2.14. The Morgan fingerprint density at radius 3 is 2.24 bits per heavy atom. The van der Waals surface area contributed by atoms with Gasteiger partial charge in [0, 0.05) is 34.7 Å². The van der Waals surface area contributed by atoms with E-state index in [1.54, 1.807) is 37.3 Å². The van der Waals surface area contributed by atoms with Gasteiger partial charge >= 0.3 is 0 Å². The first-order valence-electron chi connectivity index (χ1n) is 8.36. The summed E-state index contributed by atoms with van der Waals surface area (Å²) >= 11 is 0. The summed E-state index contributed by atoms with van der Waals surface area (Å²) in [6.45, 7) is 1.57. The van der Waals surface area contributed by atoms with Gasteiger partial charge in [-0.1, -0.05) is 12.1 Å². The van der Waals surface area contributed by atoms with Crippen LogP contribution in [0, 0.1) is 17.0 Å². The number of nitrogens with zero attached hydrogens (tertiary/aromatic N) is 3. The number of aryl methyl sites for hydroxylation is 1. The number of carbonyl (C=O) groups is 1. The molecule has 0 radical (unpaired) electrons. The predicted octanol–water partition coefficient (Wildman–Crippen LogP) is 3.02. The molecule has 0 bridgehead atoms. The molecular formula is C19H16N4O5S. The maximum Gasteiger partial charge on any atom is 0.272 e. The molecule has 10 heteroatoms. The number of amides is 1. The van der Waals surface area contributed by atoms with Crippen LogP contribution in [-0.2, 0) is 9.84 Å². The average molecular weight is 412 g/mol. The second kappa shape index (κ2) is 7.76. The molecule has 0 aliphatic heterocycles. The lowest BCUT2D eigenvalue weighted by Crippen LogP contribution is -2.12. The summed E-state index contributed by atoms with van der Waals surface area (Å²) in [5, 5.41) is 21.1. The van der Waals surface area contributed by atoms with Crippen LogP contribution in [0.15, 0.2) is 59.6 Å². The lowest BCUT2D eigenvalue weighted by Gasteiger charge is -2.07. The number of aromatic nitrogens is 2. The lowest BCUT2D eigenvalue weighted by molar-refractivity contribution is -0.385. The van der Waals surface area contributed by atoms with E-state index in [-0.39, 0.29) is 10.7 Å². The number of hydrogen-bond acceptors (Lipinski definition) is 7. The van der Waals surface area contributed by atoms with Gasteiger partial charge < -0.3 is 5.32 Å². The van der Waals surface area contributed by atoms with Crippen LogP contribution in [0.3, 0.4) is 0 Å². The number of carbonyl (C=O) groups excluding carboxylic acids is 1. The van der Waals surface area contributed by atoms with Gasteiger partial charge in [-0.3, -0.25) is 14.9 Å². The third-order valence-electron chi connectivity index (χ3n) is 4.11. The van der Waals surface area contributed by atoms with E-state index in [2.05, 4.69) is 15.5 Å². The molecular weight excluding hydrogens is 396 g/mol. The van der Waals surface area contributed by atoms with E-state index < -0.39 is 20.7 Å². The van der Waals surface area contributed by atoms with E-state index in [9.17, 15) is 23.3 Å². The fraction of sp³-hybridized carbons (Fsp3) is 0.105. The summed E-state index contributed by atoms with van der Waals surface area (Å²) in [5.74, 6) is -0.395. The van der Waals surface area contributed by atoms with Gasteiger partial charge in [0.15, 0.2) is 14.9 Å². The second-order valence-corrected chi connectivity index (χ2v) is 8.28. The van der Waals surface area contributed by atoms with E-state index in [4.69, 9.17) is 0 Å². The standard InChI is InChI=1S/C19H16N4O5S/c1-12-11-14(5-9-17(12)23(25)26)19(24)20-15-6-3-13(4-7-15)16-8-10-18(22-21-16)29(2,27)28/h3-11H,1-2H3,(H,20,24). The first-order chi connectivity index (χ1) is 13.6. The zero-order chi connectivity index (χ0) is 21.2. The Morgan fingerprint density at radius 1 is 1.03 bits per heavy atom. The Kier molecular flexibility index (Phi) is 5.37. The molecule has 29 heavy (non-hydrogen) atoms. The Balaban J connectivity index is 1.74. The number of anilines is 1. The van der Waals surface area contributed by atoms with Gasteiger partial charge in [0.05, 0.1) is 10.6 Å². The topological polar surface area (TPSA) is 132 Å². The molecule has 1 heterocycles. The van der Waals surface area contributed by atoms with Crippen molar-refractivity contribution < 1.29 is 18.1 Å². The smallest absolute Gasteiger partial charge is 0.272 e. The minimum Gasteiger partial charge on any atom is -0.322 e. The maximum atomic E-state index is 12.4. The molecule has 0 saturated carbocycles. The van der Waals surface area contributed by atoms with E-state index in [0.29, 0.717) is 28.1 Å². The van der Waals surface area contributed by atoms with Crippen LogP contribution >= 0.6 is 0 Å². The van der Waals surface area contributed by atoms with Crippen LogP contribution < -0.4 is 5.32 Å². The Bertz CT molecular complexity index is 1190. The minimum atomic E-state index is -3.42. The summed E-state index contributed by atoms with van der Waals surface area (Å²) in [4.78, 5) is 22.8. The van der Waals surface area contributed by atoms with Crippen molar-refractivity contribution in [1.82, 2.24) is 10.2 Å². The molecule has 3 aromatic rings. The third kappa shape index (κ3) is 4.61. The zero-order valence-electron chi connectivity index (χ0n) is 15.5. The summed E-state index contributed by atoms with van der Waals surface area (Å²) in [6, 6.07) is 13.8. The molecule has 9 nitrogen and oxygen atoms in total. The van der Waals surface area contributed by atoms with Crippen molar-refractivity contribution >= 4 is 27.1 Å². The van der Waals surface area contributed by atoms with Crippen molar-refractivity contribution in [3.05, 3.63) is 75.8 Å². The van der Waals surface area contributed by atoms with Crippen molar-refractivity contribution in [3.8, 4) is 11.3 Å². The van der Waals surface area contributed by atoms with Gasteiger partial charge in [-0.05, 0) is 43.3 Å². The van der Waals surface area contributed by atoms with E-state index >= 15 is 0 Å². The number of hydrogen-bond donors (Lipinski definition) is 1. The first kappa shape index (κ1) is 20.1. The van der Waals surface area contributed by atoms with Gasteiger partial charge in [-0.25, -0.2) is 8.42 Å². The molecule has 1 aromatic heterocycles. The quantitative estimate of drug-likeness (QED) is 0.503. The molecule has 0 fully saturated rings. The predicted molar refractivity (Wildman–Crippen MR) is 106 cm³/mol. The highest BCUT2D eigenvalue weighted by Crippen LogP contribution is 2.22. The Hall–Kier alpha value is -3.66. The van der Waals surface area contributed by atoms with Crippen molar-refractivity contribution in [3.63, 3.8) is 0 Å². The van der Waals surface area contributed by atoms with Gasteiger partial charge in [0.25, 0.3) is 11.6 Å². The second-order valence-electron chi connectivity index (χ2n) is 6.32. The molecule has 0 spiro atoms. The largest absolute Gasteiger partial charge is 0.322 e. The number of sulfone groups is 1. The highest BCUT2D eigenvalue weighted by atomic mass is 32.2. The molecule has 3 rings (SSSR count). The van der Waals surface area contributed by atoms with E-state index in [0.717, 1.165) is 6.26 Å². The number of nitro benzene ring substituents is 1. The van der Waals surface area contributed by atoms with Crippen LogP contribution in [0.25, 0.3) is 11.3 Å². The molecule has 1 amide bonds. The maximum absolute atomic E-state index is 12.4. The highest BCUT2D eigenvalue weighted by molar-refractivity contribution is 7.90. The Morgan fingerprint density at radius 2 is 1.72 bits per heavy atom.